The number of carbonyl (C=O) groups is 2. The number of methoxy groups -OCH3 is 1. The predicted molar refractivity (Wildman–Crippen MR) is 73.1 cm³/mol. The number of nitrogens with zero attached hydrogens (tertiary/aromatic N) is 1. The van der Waals surface area contributed by atoms with Gasteiger partial charge in [0.05, 0.1) is 13.3 Å². The number of esters is 1. The highest BCUT2D eigenvalue weighted by molar-refractivity contribution is 6.04. The van der Waals surface area contributed by atoms with Crippen LogP contribution in [0.1, 0.15) is 16.1 Å². The Morgan fingerprint density at radius 1 is 1.38 bits per heavy atom. The maximum absolute atomic E-state index is 12.0. The van der Waals surface area contributed by atoms with Crippen LogP contribution in [0.15, 0.2) is 35.0 Å². The number of aromatic nitrogens is 1. The molecule has 0 radical (unpaired) electrons. The Kier molecular flexibility index (Phi) is 4.55. The Bertz CT molecular complexity index is 650. The molecule has 0 bridgehead atoms. The Morgan fingerprint density at radius 2 is 2.19 bits per heavy atom. The third kappa shape index (κ3) is 3.82. The van der Waals surface area contributed by atoms with Gasteiger partial charge in [-0.3, -0.25) is 4.79 Å². The van der Waals surface area contributed by atoms with Crippen molar-refractivity contribution in [3.05, 3.63) is 41.8 Å². The first-order valence-corrected chi connectivity index (χ1v) is 6.12. The Balaban J connectivity index is 2.02. The van der Waals surface area contributed by atoms with Crippen LogP contribution in [-0.4, -0.2) is 30.7 Å². The summed E-state index contributed by atoms with van der Waals surface area (Å²) in [6.07, 6.45) is 1.35. The van der Waals surface area contributed by atoms with Crippen LogP contribution >= 0.6 is 0 Å². The van der Waals surface area contributed by atoms with Gasteiger partial charge >= 0.3 is 5.97 Å². The van der Waals surface area contributed by atoms with E-state index in [2.05, 4.69) is 15.2 Å². The molecule has 0 saturated carbocycles. The van der Waals surface area contributed by atoms with Crippen molar-refractivity contribution in [2.75, 3.05) is 19.0 Å². The molecule has 0 aliphatic carbocycles. The summed E-state index contributed by atoms with van der Waals surface area (Å²) < 4.78 is 14.6. The number of ether oxygens (including phenoxy) is 2. The minimum Gasteiger partial charge on any atom is -0.482 e. The Hall–Kier alpha value is -2.83. The fraction of sp³-hybridized carbons (Fsp3) is 0.214. The van der Waals surface area contributed by atoms with E-state index in [0.717, 1.165) is 0 Å². The van der Waals surface area contributed by atoms with Gasteiger partial charge in [-0.25, -0.2) is 4.79 Å². The van der Waals surface area contributed by atoms with Gasteiger partial charge in [-0.1, -0.05) is 11.2 Å². The van der Waals surface area contributed by atoms with Gasteiger partial charge in [0.1, 0.15) is 17.1 Å². The van der Waals surface area contributed by atoms with Gasteiger partial charge in [-0.2, -0.15) is 0 Å². The highest BCUT2D eigenvalue weighted by atomic mass is 16.6. The summed E-state index contributed by atoms with van der Waals surface area (Å²) in [4.78, 5) is 23.0. The topological polar surface area (TPSA) is 90.7 Å². The van der Waals surface area contributed by atoms with Crippen molar-refractivity contribution in [2.24, 2.45) is 0 Å². The van der Waals surface area contributed by atoms with E-state index in [9.17, 15) is 9.59 Å². The van der Waals surface area contributed by atoms with Crippen LogP contribution in [-0.2, 0) is 9.53 Å². The first-order chi connectivity index (χ1) is 10.1. The maximum atomic E-state index is 12.0. The molecule has 1 N–H and O–H groups in total. The number of amides is 1. The van der Waals surface area contributed by atoms with E-state index in [1.807, 2.05) is 0 Å². The lowest BCUT2D eigenvalue weighted by molar-refractivity contribution is -0.142. The van der Waals surface area contributed by atoms with Gasteiger partial charge < -0.3 is 19.3 Å². The zero-order chi connectivity index (χ0) is 15.2. The summed E-state index contributed by atoms with van der Waals surface area (Å²) in [5.41, 5.74) is 0.888. The Labute approximate surface area is 120 Å². The zero-order valence-electron chi connectivity index (χ0n) is 11.6. The highest BCUT2D eigenvalue weighted by Crippen LogP contribution is 2.18. The molecular weight excluding hydrogens is 276 g/mol. The molecule has 0 aliphatic heterocycles. The molecule has 7 nitrogen and oxygen atoms in total. The third-order valence-corrected chi connectivity index (χ3v) is 2.67. The fourth-order valence-corrected chi connectivity index (χ4v) is 1.58. The summed E-state index contributed by atoms with van der Waals surface area (Å²) in [5.74, 6) is 0.0641. The third-order valence-electron chi connectivity index (χ3n) is 2.67. The second-order valence-corrected chi connectivity index (χ2v) is 4.14. The molecule has 2 rings (SSSR count). The molecule has 1 aromatic heterocycles. The summed E-state index contributed by atoms with van der Waals surface area (Å²) in [6.45, 7) is 1.45. The number of hydrogen-bond acceptors (Lipinski definition) is 6. The second-order valence-electron chi connectivity index (χ2n) is 4.14. The van der Waals surface area contributed by atoms with E-state index in [-0.39, 0.29) is 12.5 Å². The van der Waals surface area contributed by atoms with Gasteiger partial charge in [0.2, 0.25) is 0 Å². The lowest BCUT2D eigenvalue weighted by Gasteiger charge is -2.08. The molecule has 7 heteroatoms. The zero-order valence-corrected chi connectivity index (χ0v) is 11.6. The quantitative estimate of drug-likeness (QED) is 0.844. The van der Waals surface area contributed by atoms with Crippen molar-refractivity contribution >= 4 is 17.6 Å². The summed E-state index contributed by atoms with van der Waals surface area (Å²) >= 11 is 0. The van der Waals surface area contributed by atoms with E-state index in [1.54, 1.807) is 31.2 Å². The van der Waals surface area contributed by atoms with Crippen molar-refractivity contribution in [1.29, 1.82) is 0 Å². The molecule has 0 atom stereocenters. The molecule has 0 saturated heterocycles. The highest BCUT2D eigenvalue weighted by Gasteiger charge is 2.13. The van der Waals surface area contributed by atoms with Crippen molar-refractivity contribution < 1.29 is 23.6 Å². The van der Waals surface area contributed by atoms with Gasteiger partial charge in [0.25, 0.3) is 5.91 Å². The molecular formula is C14H14N2O5. The Morgan fingerprint density at radius 3 is 2.86 bits per heavy atom. The normalized spacial score (nSPS) is 10.0. The van der Waals surface area contributed by atoms with E-state index in [0.29, 0.717) is 22.8 Å². The van der Waals surface area contributed by atoms with Crippen LogP contribution in [0.25, 0.3) is 0 Å². The lowest BCUT2D eigenvalue weighted by atomic mass is 10.2. The largest absolute Gasteiger partial charge is 0.482 e. The van der Waals surface area contributed by atoms with Gasteiger partial charge in [0, 0.05) is 11.8 Å². The predicted octanol–water partition coefficient (Wildman–Crippen LogP) is 1.79. The summed E-state index contributed by atoms with van der Waals surface area (Å²) in [7, 11) is 1.28. The number of aryl methyl sites for hydroxylation is 1. The molecule has 0 fully saturated rings. The van der Waals surface area contributed by atoms with Crippen molar-refractivity contribution in [1.82, 2.24) is 5.16 Å². The van der Waals surface area contributed by atoms with Gasteiger partial charge in [-0.15, -0.1) is 0 Å². The number of carbonyl (C=O) groups excluding carboxylic acids is 2. The van der Waals surface area contributed by atoms with Crippen LogP contribution in [0.2, 0.25) is 0 Å². The second kappa shape index (κ2) is 6.56. The van der Waals surface area contributed by atoms with E-state index >= 15 is 0 Å². The van der Waals surface area contributed by atoms with Gasteiger partial charge in [0.15, 0.2) is 6.61 Å². The van der Waals surface area contributed by atoms with Crippen LogP contribution < -0.4 is 10.1 Å². The summed E-state index contributed by atoms with van der Waals surface area (Å²) in [6, 6.07) is 6.67. The molecule has 0 spiro atoms. The number of hydrogen-bond donors (Lipinski definition) is 1. The summed E-state index contributed by atoms with van der Waals surface area (Å²) in [5, 5.41) is 6.24. The molecule has 21 heavy (non-hydrogen) atoms. The number of rotatable bonds is 5. The SMILES string of the molecule is COC(=O)COc1cccc(NC(=O)c2cnoc2C)c1. The average Bonchev–Trinajstić information content (AvgIpc) is 2.91. The minimum atomic E-state index is -0.482. The van der Waals surface area contributed by atoms with Crippen LogP contribution in [0.3, 0.4) is 0 Å². The monoisotopic (exact) mass is 290 g/mol. The van der Waals surface area contributed by atoms with E-state index in [4.69, 9.17) is 9.26 Å². The molecule has 2 aromatic rings. The maximum Gasteiger partial charge on any atom is 0.343 e. The fourth-order valence-electron chi connectivity index (χ4n) is 1.58. The van der Waals surface area contributed by atoms with Gasteiger partial charge in [-0.05, 0) is 19.1 Å². The molecule has 1 heterocycles. The molecule has 0 aliphatic rings. The van der Waals surface area contributed by atoms with Crippen LogP contribution in [0, 0.1) is 6.92 Å². The number of nitrogens with one attached hydrogen (secondary N) is 1. The first kappa shape index (κ1) is 14.6. The van der Waals surface area contributed by atoms with Crippen LogP contribution in [0.4, 0.5) is 5.69 Å². The van der Waals surface area contributed by atoms with E-state index < -0.39 is 5.97 Å². The minimum absolute atomic E-state index is 0.196. The van der Waals surface area contributed by atoms with E-state index in [1.165, 1.54) is 13.3 Å². The lowest BCUT2D eigenvalue weighted by Crippen LogP contribution is -2.14. The molecule has 0 unspecified atom stereocenters. The first-order valence-electron chi connectivity index (χ1n) is 6.12. The number of anilines is 1. The molecule has 110 valence electrons. The molecule has 1 amide bonds. The number of benzene rings is 1. The van der Waals surface area contributed by atoms with Crippen molar-refractivity contribution in [2.45, 2.75) is 6.92 Å². The van der Waals surface area contributed by atoms with Crippen LogP contribution in [0.5, 0.6) is 5.75 Å². The molecule has 1 aromatic carbocycles. The standard InChI is InChI=1S/C14H14N2O5/c1-9-12(7-15-21-9)14(18)16-10-4-3-5-11(6-10)20-8-13(17)19-2/h3-7H,8H2,1-2H3,(H,16,18). The van der Waals surface area contributed by atoms with Crippen molar-refractivity contribution in [3.8, 4) is 5.75 Å². The average molecular weight is 290 g/mol. The smallest absolute Gasteiger partial charge is 0.343 e. The van der Waals surface area contributed by atoms with Crippen molar-refractivity contribution in [3.63, 3.8) is 0 Å².